The van der Waals surface area contributed by atoms with Crippen molar-refractivity contribution in [2.75, 3.05) is 19.0 Å². The molecule has 0 radical (unpaired) electrons. The molecule has 3 rings (SSSR count). The summed E-state index contributed by atoms with van der Waals surface area (Å²) in [4.78, 5) is 42.6. The maximum atomic E-state index is 13.3. The number of carbonyl (C=O) groups is 3. The monoisotopic (exact) mass is 414 g/mol. The molecule has 0 spiro atoms. The number of halogens is 1. The van der Waals surface area contributed by atoms with E-state index in [1.54, 1.807) is 12.1 Å². The summed E-state index contributed by atoms with van der Waals surface area (Å²) in [6, 6.07) is 6.90. The molecule has 2 atom stereocenters. The minimum absolute atomic E-state index is 0.0152. The van der Waals surface area contributed by atoms with Crippen LogP contribution in [-0.2, 0) is 9.59 Å². The summed E-state index contributed by atoms with van der Waals surface area (Å²) >= 11 is 0. The molecule has 2 aromatic rings. The van der Waals surface area contributed by atoms with Crippen molar-refractivity contribution in [3.8, 4) is 5.88 Å². The molecule has 1 aliphatic rings. The third kappa shape index (κ3) is 4.56. The second-order valence-electron chi connectivity index (χ2n) is 7.31. The number of nitrogens with zero attached hydrogens (tertiary/aromatic N) is 2. The van der Waals surface area contributed by atoms with Gasteiger partial charge < -0.3 is 20.7 Å². The van der Waals surface area contributed by atoms with Gasteiger partial charge in [0.1, 0.15) is 11.4 Å². The summed E-state index contributed by atoms with van der Waals surface area (Å²) < 4.78 is 18.3. The van der Waals surface area contributed by atoms with Crippen LogP contribution in [0.25, 0.3) is 0 Å². The Morgan fingerprint density at radius 3 is 2.57 bits per heavy atom. The van der Waals surface area contributed by atoms with E-state index < -0.39 is 17.7 Å². The predicted molar refractivity (Wildman–Crippen MR) is 107 cm³/mol. The highest BCUT2D eigenvalue weighted by atomic mass is 19.1. The molecule has 30 heavy (non-hydrogen) atoms. The van der Waals surface area contributed by atoms with Crippen LogP contribution in [0.2, 0.25) is 0 Å². The maximum absolute atomic E-state index is 13.3. The van der Waals surface area contributed by atoms with E-state index in [9.17, 15) is 18.8 Å². The molecule has 3 N–H and O–H groups in total. The van der Waals surface area contributed by atoms with Gasteiger partial charge in [-0.1, -0.05) is 19.1 Å². The fraction of sp³-hybridized carbons (Fsp3) is 0.333. The fourth-order valence-corrected chi connectivity index (χ4v) is 3.58. The van der Waals surface area contributed by atoms with Gasteiger partial charge in [0.15, 0.2) is 0 Å². The molecule has 1 aromatic heterocycles. The molecule has 1 aliphatic heterocycles. The van der Waals surface area contributed by atoms with E-state index in [-0.39, 0.29) is 34.9 Å². The number of ether oxygens (including phenoxy) is 1. The number of anilines is 1. The predicted octanol–water partition coefficient (Wildman–Crippen LogP) is 2.27. The van der Waals surface area contributed by atoms with E-state index in [4.69, 9.17) is 10.5 Å². The molecule has 1 saturated heterocycles. The Labute approximate surface area is 173 Å². The number of rotatable bonds is 4. The van der Waals surface area contributed by atoms with E-state index in [1.165, 1.54) is 36.4 Å². The summed E-state index contributed by atoms with van der Waals surface area (Å²) in [5.74, 6) is -2.47. The number of hydrogen-bond acceptors (Lipinski definition) is 5. The highest BCUT2D eigenvalue weighted by Crippen LogP contribution is 2.33. The Hall–Kier alpha value is -3.49. The number of piperidine rings is 1. The molecular weight excluding hydrogens is 391 g/mol. The van der Waals surface area contributed by atoms with E-state index in [0.29, 0.717) is 13.0 Å². The number of carbonyl (C=O) groups excluding carboxylic acids is 3. The molecule has 9 heteroatoms. The lowest BCUT2D eigenvalue weighted by Crippen LogP contribution is -2.46. The summed E-state index contributed by atoms with van der Waals surface area (Å²) in [6.45, 7) is 2.41. The van der Waals surface area contributed by atoms with Crippen LogP contribution in [0.3, 0.4) is 0 Å². The highest BCUT2D eigenvalue weighted by Gasteiger charge is 2.34. The van der Waals surface area contributed by atoms with Crippen LogP contribution >= 0.6 is 0 Å². The molecule has 0 bridgehead atoms. The van der Waals surface area contributed by atoms with Crippen molar-refractivity contribution in [3.63, 3.8) is 0 Å². The quantitative estimate of drug-likeness (QED) is 0.745. The first kappa shape index (κ1) is 21.2. The van der Waals surface area contributed by atoms with Crippen molar-refractivity contribution >= 4 is 23.4 Å². The zero-order chi connectivity index (χ0) is 21.8. The Balaban J connectivity index is 1.80. The molecule has 0 aliphatic carbocycles. The van der Waals surface area contributed by atoms with Gasteiger partial charge in [-0.25, -0.2) is 9.37 Å². The van der Waals surface area contributed by atoms with Crippen LogP contribution in [0.1, 0.15) is 41.7 Å². The number of likely N-dealkylation sites (tertiary alicyclic amines) is 1. The molecule has 0 unspecified atom stereocenters. The molecule has 158 valence electrons. The minimum atomic E-state index is -0.862. The summed E-state index contributed by atoms with van der Waals surface area (Å²) in [5, 5.41) is 2.47. The lowest BCUT2D eigenvalue weighted by atomic mass is 9.90. The number of nitrogens with one attached hydrogen (secondary N) is 1. The summed E-state index contributed by atoms with van der Waals surface area (Å²) in [7, 11) is 1.34. The number of amides is 3. The van der Waals surface area contributed by atoms with Crippen LogP contribution in [0.4, 0.5) is 10.1 Å². The number of aromatic nitrogens is 1. The number of benzene rings is 1. The Kier molecular flexibility index (Phi) is 6.29. The standard InChI is InChI=1S/C21H23FN4O4/c1-12-3-8-17(13-4-6-14(22)7-5-13)26(11-12)21(29)19(28)25-15-9-16(18(23)27)20(30-2)24-10-15/h4-7,9-10,12,17H,3,8,11H2,1-2H3,(H2,23,27)(H,25,28)/t12-,17+/m1/s1. The summed E-state index contributed by atoms with van der Waals surface area (Å²) in [5.41, 5.74) is 6.20. The van der Waals surface area contributed by atoms with Crippen molar-refractivity contribution < 1.29 is 23.5 Å². The van der Waals surface area contributed by atoms with Crippen molar-refractivity contribution in [1.29, 1.82) is 0 Å². The first-order valence-electron chi connectivity index (χ1n) is 9.51. The van der Waals surface area contributed by atoms with Crippen LogP contribution in [0.15, 0.2) is 36.5 Å². The van der Waals surface area contributed by atoms with E-state index >= 15 is 0 Å². The van der Waals surface area contributed by atoms with Crippen molar-refractivity contribution in [2.24, 2.45) is 11.7 Å². The third-order valence-electron chi connectivity index (χ3n) is 5.10. The Morgan fingerprint density at radius 2 is 1.93 bits per heavy atom. The van der Waals surface area contributed by atoms with Gasteiger partial charge >= 0.3 is 11.8 Å². The van der Waals surface area contributed by atoms with Gasteiger partial charge in [0.25, 0.3) is 5.91 Å². The zero-order valence-corrected chi connectivity index (χ0v) is 16.7. The van der Waals surface area contributed by atoms with Gasteiger partial charge in [0.2, 0.25) is 5.88 Å². The molecule has 2 heterocycles. The SMILES string of the molecule is COc1ncc(NC(=O)C(=O)N2C[C@H](C)CC[C@H]2c2ccc(F)cc2)cc1C(N)=O. The van der Waals surface area contributed by atoms with Crippen LogP contribution < -0.4 is 15.8 Å². The molecule has 0 saturated carbocycles. The van der Waals surface area contributed by atoms with Gasteiger partial charge in [0, 0.05) is 6.54 Å². The van der Waals surface area contributed by atoms with Crippen molar-refractivity contribution in [1.82, 2.24) is 9.88 Å². The number of nitrogens with two attached hydrogens (primary N) is 1. The molecular formula is C21H23FN4O4. The topological polar surface area (TPSA) is 115 Å². The second-order valence-corrected chi connectivity index (χ2v) is 7.31. The normalized spacial score (nSPS) is 18.6. The number of pyridine rings is 1. The third-order valence-corrected chi connectivity index (χ3v) is 5.10. The van der Waals surface area contributed by atoms with Crippen LogP contribution in [0.5, 0.6) is 5.88 Å². The van der Waals surface area contributed by atoms with Crippen LogP contribution in [-0.4, -0.2) is 41.3 Å². The molecule has 1 aromatic carbocycles. The van der Waals surface area contributed by atoms with Gasteiger partial charge in [-0.05, 0) is 42.5 Å². The first-order chi connectivity index (χ1) is 14.3. The van der Waals surface area contributed by atoms with Gasteiger partial charge in [0.05, 0.1) is 25.0 Å². The van der Waals surface area contributed by atoms with E-state index in [0.717, 1.165) is 12.0 Å². The zero-order valence-electron chi connectivity index (χ0n) is 16.7. The molecule has 1 fully saturated rings. The van der Waals surface area contributed by atoms with Gasteiger partial charge in [-0.15, -0.1) is 0 Å². The Morgan fingerprint density at radius 1 is 1.23 bits per heavy atom. The molecule has 3 amide bonds. The van der Waals surface area contributed by atoms with E-state index in [2.05, 4.69) is 10.3 Å². The summed E-state index contributed by atoms with van der Waals surface area (Å²) in [6.07, 6.45) is 2.83. The molecule has 8 nitrogen and oxygen atoms in total. The maximum Gasteiger partial charge on any atom is 0.313 e. The fourth-order valence-electron chi connectivity index (χ4n) is 3.58. The largest absolute Gasteiger partial charge is 0.480 e. The highest BCUT2D eigenvalue weighted by molar-refractivity contribution is 6.39. The second kappa shape index (κ2) is 8.89. The number of hydrogen-bond donors (Lipinski definition) is 2. The van der Waals surface area contributed by atoms with Crippen molar-refractivity contribution in [3.05, 3.63) is 53.5 Å². The smallest absolute Gasteiger partial charge is 0.313 e. The first-order valence-corrected chi connectivity index (χ1v) is 9.51. The van der Waals surface area contributed by atoms with Gasteiger partial charge in [-0.3, -0.25) is 14.4 Å². The average molecular weight is 414 g/mol. The number of methoxy groups -OCH3 is 1. The van der Waals surface area contributed by atoms with Gasteiger partial charge in [-0.2, -0.15) is 0 Å². The lowest BCUT2D eigenvalue weighted by molar-refractivity contribution is -0.146. The number of primary amides is 1. The van der Waals surface area contributed by atoms with Crippen LogP contribution in [0, 0.1) is 11.7 Å². The minimum Gasteiger partial charge on any atom is -0.480 e. The van der Waals surface area contributed by atoms with E-state index in [1.807, 2.05) is 6.92 Å². The van der Waals surface area contributed by atoms with Crippen molar-refractivity contribution in [2.45, 2.75) is 25.8 Å². The Bertz CT molecular complexity index is 964. The lowest BCUT2D eigenvalue weighted by Gasteiger charge is -2.38. The average Bonchev–Trinajstić information content (AvgIpc) is 2.73.